The lowest BCUT2D eigenvalue weighted by molar-refractivity contribution is -0.386. The van der Waals surface area contributed by atoms with E-state index in [0.717, 1.165) is 13.1 Å². The van der Waals surface area contributed by atoms with Gasteiger partial charge in [0.2, 0.25) is 5.95 Å². The van der Waals surface area contributed by atoms with E-state index in [0.29, 0.717) is 41.0 Å². The van der Waals surface area contributed by atoms with E-state index in [1.807, 2.05) is 0 Å². The molecule has 6 nitrogen and oxygen atoms in total. The average Bonchev–Trinajstić information content (AvgIpc) is 2.94. The first-order chi connectivity index (χ1) is 10.5. The molecule has 2 bridgehead atoms. The Labute approximate surface area is 129 Å². The molecule has 4 aliphatic rings. The van der Waals surface area contributed by atoms with Gasteiger partial charge in [-0.2, -0.15) is 0 Å². The van der Waals surface area contributed by atoms with Crippen LogP contribution in [-0.4, -0.2) is 28.0 Å². The molecule has 1 aromatic rings. The van der Waals surface area contributed by atoms with Crippen molar-refractivity contribution in [3.8, 4) is 0 Å². The lowest BCUT2D eigenvalue weighted by Crippen LogP contribution is -2.35. The summed E-state index contributed by atoms with van der Waals surface area (Å²) in [7, 11) is 0. The van der Waals surface area contributed by atoms with Crippen molar-refractivity contribution in [3.05, 3.63) is 33.7 Å². The minimum absolute atomic E-state index is 0.0436. The molecular formula is C16H20N4O2. The standard InChI is InChI=1S/C16H20N4O2/c1-9-15(20(21)22)10(2)18-16(17-9)19-7-13-11-3-4-12(6-5-11)14(13)8-19/h3-4,11-14H,5-8H2,1-2H3. The number of nitro groups is 1. The van der Waals surface area contributed by atoms with Crippen LogP contribution in [0.15, 0.2) is 12.2 Å². The van der Waals surface area contributed by atoms with E-state index in [4.69, 9.17) is 0 Å². The summed E-state index contributed by atoms with van der Waals surface area (Å²) in [5.74, 6) is 3.45. The van der Waals surface area contributed by atoms with E-state index in [2.05, 4.69) is 27.0 Å². The monoisotopic (exact) mass is 300 g/mol. The fraction of sp³-hybridized carbons (Fsp3) is 0.625. The number of aryl methyl sites for hydroxylation is 2. The van der Waals surface area contributed by atoms with Crippen LogP contribution in [0.2, 0.25) is 0 Å². The number of nitrogens with zero attached hydrogens (tertiary/aromatic N) is 4. The Hall–Kier alpha value is -1.98. The number of anilines is 1. The van der Waals surface area contributed by atoms with Crippen molar-refractivity contribution < 1.29 is 4.92 Å². The van der Waals surface area contributed by atoms with Crippen molar-refractivity contribution in [2.75, 3.05) is 18.0 Å². The number of hydrogen-bond acceptors (Lipinski definition) is 5. The van der Waals surface area contributed by atoms with Gasteiger partial charge in [0.15, 0.2) is 0 Å². The van der Waals surface area contributed by atoms with Gasteiger partial charge in [-0.1, -0.05) is 12.2 Å². The third-order valence-corrected chi connectivity index (χ3v) is 5.64. The average molecular weight is 300 g/mol. The molecule has 4 unspecified atom stereocenters. The van der Waals surface area contributed by atoms with Crippen molar-refractivity contribution in [1.29, 1.82) is 0 Å². The van der Waals surface area contributed by atoms with Gasteiger partial charge in [0.1, 0.15) is 11.4 Å². The minimum atomic E-state index is -0.387. The van der Waals surface area contributed by atoms with Crippen molar-refractivity contribution in [3.63, 3.8) is 0 Å². The molecule has 1 saturated carbocycles. The third kappa shape index (κ3) is 1.93. The zero-order valence-electron chi connectivity index (χ0n) is 12.9. The van der Waals surface area contributed by atoms with Gasteiger partial charge >= 0.3 is 5.69 Å². The van der Waals surface area contributed by atoms with Gasteiger partial charge in [-0.3, -0.25) is 10.1 Å². The summed E-state index contributed by atoms with van der Waals surface area (Å²) in [6, 6.07) is 0. The van der Waals surface area contributed by atoms with Crippen LogP contribution < -0.4 is 4.90 Å². The molecule has 2 heterocycles. The number of hydrogen-bond donors (Lipinski definition) is 0. The summed E-state index contributed by atoms with van der Waals surface area (Å²) in [6.07, 6.45) is 7.39. The zero-order chi connectivity index (χ0) is 15.4. The largest absolute Gasteiger partial charge is 0.340 e. The second kappa shape index (κ2) is 4.76. The molecule has 3 aliphatic carbocycles. The van der Waals surface area contributed by atoms with E-state index >= 15 is 0 Å². The Kier molecular flexibility index (Phi) is 2.96. The summed E-state index contributed by atoms with van der Waals surface area (Å²) in [5.41, 5.74) is 0.967. The van der Waals surface area contributed by atoms with Crippen molar-refractivity contribution in [2.45, 2.75) is 26.7 Å². The summed E-state index contributed by atoms with van der Waals surface area (Å²) in [5, 5.41) is 11.1. The van der Waals surface area contributed by atoms with Crippen LogP contribution in [0.4, 0.5) is 11.6 Å². The molecule has 2 fully saturated rings. The van der Waals surface area contributed by atoms with Crippen molar-refractivity contribution in [1.82, 2.24) is 9.97 Å². The molecule has 0 amide bonds. The first-order valence-corrected chi connectivity index (χ1v) is 7.97. The van der Waals surface area contributed by atoms with Crippen LogP contribution in [0.5, 0.6) is 0 Å². The molecule has 1 saturated heterocycles. The maximum absolute atomic E-state index is 11.1. The van der Waals surface area contributed by atoms with E-state index in [1.165, 1.54) is 12.8 Å². The lowest BCUT2D eigenvalue weighted by atomic mass is 9.64. The quantitative estimate of drug-likeness (QED) is 0.477. The zero-order valence-corrected chi connectivity index (χ0v) is 12.9. The van der Waals surface area contributed by atoms with Gasteiger partial charge in [-0.15, -0.1) is 0 Å². The molecule has 0 radical (unpaired) electrons. The lowest BCUT2D eigenvalue weighted by Gasteiger charge is -2.40. The molecule has 0 spiro atoms. The third-order valence-electron chi connectivity index (χ3n) is 5.64. The minimum Gasteiger partial charge on any atom is -0.340 e. The highest BCUT2D eigenvalue weighted by Gasteiger charge is 2.46. The van der Waals surface area contributed by atoms with E-state index < -0.39 is 0 Å². The summed E-state index contributed by atoms with van der Waals surface area (Å²) in [4.78, 5) is 21.8. The van der Waals surface area contributed by atoms with Crippen LogP contribution >= 0.6 is 0 Å². The number of rotatable bonds is 2. The van der Waals surface area contributed by atoms with Crippen LogP contribution in [-0.2, 0) is 0 Å². The normalized spacial score (nSPS) is 32.4. The Bertz CT molecular complexity index is 627. The molecular weight excluding hydrogens is 280 g/mol. The number of aromatic nitrogens is 2. The first-order valence-electron chi connectivity index (χ1n) is 7.97. The van der Waals surface area contributed by atoms with Crippen molar-refractivity contribution >= 4 is 11.6 Å². The van der Waals surface area contributed by atoms with Gasteiger partial charge in [0.25, 0.3) is 0 Å². The molecule has 0 aromatic carbocycles. The predicted molar refractivity (Wildman–Crippen MR) is 82.7 cm³/mol. The highest BCUT2D eigenvalue weighted by molar-refractivity contribution is 5.46. The maximum atomic E-state index is 11.1. The van der Waals surface area contributed by atoms with Crippen LogP contribution in [0.25, 0.3) is 0 Å². The van der Waals surface area contributed by atoms with Gasteiger partial charge in [0, 0.05) is 13.1 Å². The highest BCUT2D eigenvalue weighted by atomic mass is 16.6. The van der Waals surface area contributed by atoms with E-state index in [9.17, 15) is 10.1 Å². The molecule has 22 heavy (non-hydrogen) atoms. The Morgan fingerprint density at radius 1 is 1.09 bits per heavy atom. The molecule has 6 heteroatoms. The molecule has 116 valence electrons. The maximum Gasteiger partial charge on any atom is 0.311 e. The first kappa shape index (κ1) is 13.7. The van der Waals surface area contributed by atoms with Crippen molar-refractivity contribution in [2.24, 2.45) is 23.7 Å². The van der Waals surface area contributed by atoms with E-state index in [-0.39, 0.29) is 10.6 Å². The molecule has 1 aliphatic heterocycles. The Balaban J connectivity index is 1.63. The Morgan fingerprint density at radius 3 is 2.00 bits per heavy atom. The summed E-state index contributed by atoms with van der Waals surface area (Å²) >= 11 is 0. The van der Waals surface area contributed by atoms with Gasteiger partial charge in [-0.25, -0.2) is 9.97 Å². The molecule has 5 rings (SSSR count). The van der Waals surface area contributed by atoms with Crippen LogP contribution in [0.1, 0.15) is 24.2 Å². The topological polar surface area (TPSA) is 72.2 Å². The van der Waals surface area contributed by atoms with Crippen LogP contribution in [0.3, 0.4) is 0 Å². The summed E-state index contributed by atoms with van der Waals surface area (Å²) < 4.78 is 0. The number of allylic oxidation sites excluding steroid dienone is 2. The second-order valence-electron chi connectivity index (χ2n) is 6.82. The fourth-order valence-electron chi connectivity index (χ4n) is 4.60. The van der Waals surface area contributed by atoms with Gasteiger partial charge < -0.3 is 4.90 Å². The SMILES string of the molecule is Cc1nc(N2CC3C4C=CC(CC4)C3C2)nc(C)c1[N+](=O)[O-]. The molecule has 0 N–H and O–H groups in total. The highest BCUT2D eigenvalue weighted by Crippen LogP contribution is 2.48. The second-order valence-corrected chi connectivity index (χ2v) is 6.82. The van der Waals surface area contributed by atoms with E-state index in [1.54, 1.807) is 13.8 Å². The van der Waals surface area contributed by atoms with Crippen LogP contribution in [0, 0.1) is 47.6 Å². The molecule has 1 aromatic heterocycles. The number of fused-ring (bicyclic) bond motifs is 1. The summed E-state index contributed by atoms with van der Waals surface area (Å²) in [6.45, 7) is 5.36. The smallest absolute Gasteiger partial charge is 0.311 e. The fourth-order valence-corrected chi connectivity index (χ4v) is 4.60. The van der Waals surface area contributed by atoms with Gasteiger partial charge in [0.05, 0.1) is 4.92 Å². The molecule has 4 atom stereocenters. The van der Waals surface area contributed by atoms with Gasteiger partial charge in [-0.05, 0) is 50.4 Å². The predicted octanol–water partition coefficient (Wildman–Crippen LogP) is 2.65. The Morgan fingerprint density at radius 2 is 1.59 bits per heavy atom.